The normalized spacial score (nSPS) is 19.8. The molecule has 0 saturated carbocycles. The van der Waals surface area contributed by atoms with Crippen molar-refractivity contribution in [3.63, 3.8) is 0 Å². The van der Waals surface area contributed by atoms with Crippen LogP contribution >= 0.6 is 23.2 Å². The molecule has 4 rings (SSSR count). The molecule has 5 nitrogen and oxygen atoms in total. The molecule has 1 spiro atoms. The van der Waals surface area contributed by atoms with E-state index in [9.17, 15) is 13.2 Å². The van der Waals surface area contributed by atoms with Crippen LogP contribution in [0.5, 0.6) is 0 Å². The first kappa shape index (κ1) is 25.5. The van der Waals surface area contributed by atoms with Crippen molar-refractivity contribution in [1.29, 1.82) is 0 Å². The van der Waals surface area contributed by atoms with Crippen molar-refractivity contribution in [2.75, 3.05) is 25.4 Å². The van der Waals surface area contributed by atoms with Crippen molar-refractivity contribution in [1.82, 2.24) is 9.62 Å². The number of amides is 1. The summed E-state index contributed by atoms with van der Waals surface area (Å²) in [6.07, 6.45) is 4.99. The second kappa shape index (κ2) is 10.6. The number of hydrogen-bond acceptors (Lipinski definition) is 3. The Morgan fingerprint density at radius 2 is 1.88 bits per heavy atom. The van der Waals surface area contributed by atoms with Crippen LogP contribution in [-0.4, -0.2) is 44.0 Å². The summed E-state index contributed by atoms with van der Waals surface area (Å²) in [6, 6.07) is 13.4. The lowest BCUT2D eigenvalue weighted by molar-refractivity contribution is 0.0945. The smallest absolute Gasteiger partial charge is 0.252 e. The van der Waals surface area contributed by atoms with Gasteiger partial charge < -0.3 is 5.32 Å². The minimum atomic E-state index is -3.20. The van der Waals surface area contributed by atoms with Crippen molar-refractivity contribution < 1.29 is 13.2 Å². The average molecular weight is 524 g/mol. The quantitative estimate of drug-likeness (QED) is 0.501. The Hall–Kier alpha value is -1.60. The number of carbonyl (C=O) groups excluding carboxylic acids is 1. The molecule has 0 aromatic heterocycles. The molecule has 1 aliphatic heterocycles. The Bertz CT molecular complexity index is 1140. The van der Waals surface area contributed by atoms with Gasteiger partial charge in [0.15, 0.2) is 0 Å². The van der Waals surface area contributed by atoms with Crippen molar-refractivity contribution in [3.05, 3.63) is 69.2 Å². The fourth-order valence-electron chi connectivity index (χ4n) is 5.67. The van der Waals surface area contributed by atoms with Crippen LogP contribution in [0.3, 0.4) is 0 Å². The van der Waals surface area contributed by atoms with Gasteiger partial charge >= 0.3 is 0 Å². The predicted molar refractivity (Wildman–Crippen MR) is 138 cm³/mol. The number of nitrogens with one attached hydrogen (secondary N) is 1. The third kappa shape index (κ3) is 5.15. The van der Waals surface area contributed by atoms with Gasteiger partial charge in [-0.25, -0.2) is 12.7 Å². The molecule has 2 aromatic rings. The second-order valence-corrected chi connectivity index (χ2v) is 12.4. The van der Waals surface area contributed by atoms with Gasteiger partial charge in [0.25, 0.3) is 5.91 Å². The van der Waals surface area contributed by atoms with Crippen LogP contribution in [-0.2, 0) is 21.9 Å². The Balaban J connectivity index is 1.45. The molecule has 34 heavy (non-hydrogen) atoms. The number of piperidine rings is 1. The number of halogens is 2. The molecule has 1 atom stereocenters. The van der Waals surface area contributed by atoms with E-state index in [1.54, 1.807) is 22.5 Å². The molecule has 2 aromatic carbocycles. The van der Waals surface area contributed by atoms with Gasteiger partial charge in [0.2, 0.25) is 10.0 Å². The van der Waals surface area contributed by atoms with Crippen LogP contribution in [0.2, 0.25) is 10.0 Å². The number of rotatable bonds is 8. The first-order valence-electron chi connectivity index (χ1n) is 12.1. The molecule has 1 amide bonds. The van der Waals surface area contributed by atoms with E-state index in [1.165, 1.54) is 11.1 Å². The SMILES string of the molecule is CCCCS(=O)(=O)N1CCC2(CC1)c1ccccc1CC2CCNC(=O)c1ccc(Cl)cc1Cl. The van der Waals surface area contributed by atoms with Gasteiger partial charge in [-0.2, -0.15) is 0 Å². The van der Waals surface area contributed by atoms with Crippen LogP contribution in [0.15, 0.2) is 42.5 Å². The largest absolute Gasteiger partial charge is 0.352 e. The standard InChI is InChI=1S/C26H32Cl2N2O3S/c1-2-3-16-34(32,33)30-14-11-26(12-15-30)20(17-19-6-4-5-7-23(19)26)10-13-29-25(31)22-9-8-21(27)18-24(22)28/h4-9,18,20H,2-3,10-17H2,1H3,(H,29,31). The fourth-order valence-corrected chi connectivity index (χ4v) is 7.81. The van der Waals surface area contributed by atoms with Crippen molar-refractivity contribution in [2.45, 2.75) is 50.9 Å². The lowest BCUT2D eigenvalue weighted by atomic mass is 9.67. The molecule has 1 aliphatic carbocycles. The molecular formula is C26H32Cl2N2O3S. The summed E-state index contributed by atoms with van der Waals surface area (Å²) < 4.78 is 27.2. The topological polar surface area (TPSA) is 66.5 Å². The van der Waals surface area contributed by atoms with Gasteiger partial charge in [-0.05, 0) is 67.3 Å². The Morgan fingerprint density at radius 1 is 1.15 bits per heavy atom. The highest BCUT2D eigenvalue weighted by Crippen LogP contribution is 2.51. The first-order valence-corrected chi connectivity index (χ1v) is 14.4. The number of unbranched alkanes of at least 4 members (excludes halogenated alkanes) is 1. The molecule has 8 heteroatoms. The zero-order valence-electron chi connectivity index (χ0n) is 19.5. The maximum atomic E-state index is 12.8. The van der Waals surface area contributed by atoms with Crippen LogP contribution in [0.4, 0.5) is 0 Å². The first-order chi connectivity index (χ1) is 16.3. The highest BCUT2D eigenvalue weighted by molar-refractivity contribution is 7.89. The molecule has 0 radical (unpaired) electrons. The van der Waals surface area contributed by atoms with E-state index in [4.69, 9.17) is 23.2 Å². The lowest BCUT2D eigenvalue weighted by Gasteiger charge is -2.43. The number of sulfonamides is 1. The van der Waals surface area contributed by atoms with Crippen LogP contribution in [0.25, 0.3) is 0 Å². The van der Waals surface area contributed by atoms with E-state index in [-0.39, 0.29) is 17.1 Å². The minimum Gasteiger partial charge on any atom is -0.352 e. The number of carbonyl (C=O) groups is 1. The Labute approximate surface area is 212 Å². The molecule has 1 heterocycles. The second-order valence-electron chi connectivity index (χ2n) is 9.45. The highest BCUT2D eigenvalue weighted by atomic mass is 35.5. The van der Waals surface area contributed by atoms with Gasteiger partial charge in [0.1, 0.15) is 0 Å². The summed E-state index contributed by atoms with van der Waals surface area (Å²) in [4.78, 5) is 12.7. The summed E-state index contributed by atoms with van der Waals surface area (Å²) in [5.41, 5.74) is 3.08. The summed E-state index contributed by atoms with van der Waals surface area (Å²) >= 11 is 12.1. The van der Waals surface area contributed by atoms with Gasteiger partial charge in [-0.3, -0.25) is 4.79 Å². The number of nitrogens with zero attached hydrogens (tertiary/aromatic N) is 1. The van der Waals surface area contributed by atoms with Crippen molar-refractivity contribution in [2.24, 2.45) is 5.92 Å². The molecule has 0 bridgehead atoms. The van der Waals surface area contributed by atoms with Crippen LogP contribution in [0, 0.1) is 5.92 Å². The summed E-state index contributed by atoms with van der Waals surface area (Å²) in [6.45, 7) is 3.67. The molecule has 184 valence electrons. The fraction of sp³-hybridized carbons (Fsp3) is 0.500. The lowest BCUT2D eigenvalue weighted by Crippen LogP contribution is -2.48. The summed E-state index contributed by atoms with van der Waals surface area (Å²) in [5.74, 6) is 0.380. The molecule has 1 N–H and O–H groups in total. The van der Waals surface area contributed by atoms with Gasteiger partial charge in [-0.15, -0.1) is 0 Å². The monoisotopic (exact) mass is 522 g/mol. The van der Waals surface area contributed by atoms with E-state index in [2.05, 4.69) is 29.6 Å². The maximum Gasteiger partial charge on any atom is 0.252 e. The minimum absolute atomic E-state index is 0.0456. The van der Waals surface area contributed by atoms with E-state index < -0.39 is 10.0 Å². The zero-order valence-corrected chi connectivity index (χ0v) is 21.9. The molecular weight excluding hydrogens is 491 g/mol. The zero-order chi connectivity index (χ0) is 24.3. The molecule has 2 aliphatic rings. The van der Waals surface area contributed by atoms with Crippen molar-refractivity contribution in [3.8, 4) is 0 Å². The van der Waals surface area contributed by atoms with E-state index >= 15 is 0 Å². The summed E-state index contributed by atoms with van der Waals surface area (Å²) in [5, 5.41) is 3.85. The molecule has 1 fully saturated rings. The van der Waals surface area contributed by atoms with Gasteiger partial charge in [0.05, 0.1) is 16.3 Å². The van der Waals surface area contributed by atoms with E-state index in [0.717, 1.165) is 32.1 Å². The van der Waals surface area contributed by atoms with Gasteiger partial charge in [-0.1, -0.05) is 60.8 Å². The number of fused-ring (bicyclic) bond motifs is 2. The van der Waals surface area contributed by atoms with E-state index in [0.29, 0.717) is 47.6 Å². The predicted octanol–water partition coefficient (Wildman–Crippen LogP) is 5.45. The average Bonchev–Trinajstić information content (AvgIpc) is 3.11. The highest BCUT2D eigenvalue weighted by Gasteiger charge is 2.48. The molecule has 1 unspecified atom stereocenters. The third-order valence-corrected chi connectivity index (χ3v) is 10.0. The maximum absolute atomic E-state index is 12.8. The third-order valence-electron chi connectivity index (χ3n) is 7.52. The van der Waals surface area contributed by atoms with Crippen molar-refractivity contribution >= 4 is 39.1 Å². The van der Waals surface area contributed by atoms with Crippen LogP contribution < -0.4 is 5.32 Å². The van der Waals surface area contributed by atoms with E-state index in [1.807, 2.05) is 6.92 Å². The molecule has 1 saturated heterocycles. The Morgan fingerprint density at radius 3 is 2.59 bits per heavy atom. The van der Waals surface area contributed by atoms with Crippen LogP contribution in [0.1, 0.15) is 60.5 Å². The number of hydrogen-bond donors (Lipinski definition) is 1. The Kier molecular flexibility index (Phi) is 7.92. The van der Waals surface area contributed by atoms with Gasteiger partial charge in [0, 0.05) is 30.1 Å². The summed E-state index contributed by atoms with van der Waals surface area (Å²) in [7, 11) is -3.20. The number of benzene rings is 2.